The fourth-order valence-electron chi connectivity index (χ4n) is 3.74. The van der Waals surface area contributed by atoms with Gasteiger partial charge in [0.1, 0.15) is 5.82 Å². The summed E-state index contributed by atoms with van der Waals surface area (Å²) in [5, 5.41) is 16.2. The molecular formula is C21H19ClFN3O4. The number of anilines is 2. The summed E-state index contributed by atoms with van der Waals surface area (Å²) in [6.07, 6.45) is 0.841. The van der Waals surface area contributed by atoms with E-state index < -0.39 is 23.2 Å². The third kappa shape index (κ3) is 3.76. The van der Waals surface area contributed by atoms with E-state index >= 15 is 0 Å². The van der Waals surface area contributed by atoms with Gasteiger partial charge in [-0.15, -0.1) is 0 Å². The number of rotatable bonds is 4. The van der Waals surface area contributed by atoms with Crippen molar-refractivity contribution in [2.75, 3.05) is 16.8 Å². The fraction of sp³-hybridized carbons (Fsp3) is 0.286. The molecule has 156 valence electrons. The van der Waals surface area contributed by atoms with E-state index in [0.29, 0.717) is 29.8 Å². The van der Waals surface area contributed by atoms with Crippen LogP contribution in [0.5, 0.6) is 0 Å². The highest BCUT2D eigenvalue weighted by molar-refractivity contribution is 6.30. The Morgan fingerprint density at radius 3 is 2.80 bits per heavy atom. The molecule has 2 aromatic rings. The van der Waals surface area contributed by atoms with Gasteiger partial charge in [0, 0.05) is 42.3 Å². The number of hydrogen-bond acceptors (Lipinski definition) is 4. The van der Waals surface area contributed by atoms with Gasteiger partial charge in [0.15, 0.2) is 0 Å². The van der Waals surface area contributed by atoms with E-state index in [2.05, 4.69) is 10.6 Å². The van der Waals surface area contributed by atoms with Crippen molar-refractivity contribution < 1.29 is 23.9 Å². The van der Waals surface area contributed by atoms with Crippen LogP contribution in [0, 0.1) is 5.82 Å². The van der Waals surface area contributed by atoms with Crippen LogP contribution in [-0.2, 0) is 27.3 Å². The summed E-state index contributed by atoms with van der Waals surface area (Å²) in [6.45, 7) is 0.0874. The molecule has 4 rings (SSSR count). The third-order valence-electron chi connectivity index (χ3n) is 5.34. The molecule has 1 atom stereocenters. The number of hydrogen-bond donors (Lipinski definition) is 3. The Hall–Kier alpha value is -2.97. The third-order valence-corrected chi connectivity index (χ3v) is 5.56. The molecule has 0 radical (unpaired) electrons. The lowest BCUT2D eigenvalue weighted by Crippen LogP contribution is -2.52. The number of halogens is 2. The number of nitrogens with zero attached hydrogens (tertiary/aromatic N) is 1. The summed E-state index contributed by atoms with van der Waals surface area (Å²) in [6, 6.07) is 9.00. The van der Waals surface area contributed by atoms with Gasteiger partial charge in [0.25, 0.3) is 11.8 Å². The van der Waals surface area contributed by atoms with Crippen LogP contribution in [0.1, 0.15) is 24.0 Å². The molecule has 0 aliphatic carbocycles. The number of carbonyl (C=O) groups is 3. The highest BCUT2D eigenvalue weighted by Crippen LogP contribution is 2.33. The monoisotopic (exact) mass is 431 g/mol. The highest BCUT2D eigenvalue weighted by Gasteiger charge is 2.51. The zero-order chi connectivity index (χ0) is 21.5. The minimum Gasteiger partial charge on any atom is -0.372 e. The maximum absolute atomic E-state index is 13.4. The average Bonchev–Trinajstić information content (AvgIpc) is 3.01. The molecule has 3 N–H and O–H groups in total. The molecule has 7 nitrogen and oxygen atoms in total. The number of aliphatic hydroxyl groups is 1. The van der Waals surface area contributed by atoms with Gasteiger partial charge in [0.2, 0.25) is 11.5 Å². The number of aryl methyl sites for hydroxylation is 1. The molecule has 2 aliphatic rings. The minimum absolute atomic E-state index is 0.0573. The van der Waals surface area contributed by atoms with Crippen molar-refractivity contribution in [1.29, 1.82) is 0 Å². The maximum Gasteiger partial charge on any atom is 0.268 e. The molecule has 0 spiro atoms. The minimum atomic E-state index is -2.21. The van der Waals surface area contributed by atoms with Gasteiger partial charge in [-0.1, -0.05) is 11.6 Å². The second kappa shape index (κ2) is 7.70. The summed E-state index contributed by atoms with van der Waals surface area (Å²) in [7, 11) is 0. The van der Waals surface area contributed by atoms with Gasteiger partial charge < -0.3 is 20.6 Å². The first-order chi connectivity index (χ1) is 14.3. The van der Waals surface area contributed by atoms with Crippen LogP contribution in [-0.4, -0.2) is 35.0 Å². The highest BCUT2D eigenvalue weighted by atomic mass is 35.5. The Bertz CT molecular complexity index is 1040. The fourth-order valence-corrected chi connectivity index (χ4v) is 3.99. The molecule has 2 heterocycles. The Morgan fingerprint density at radius 1 is 1.23 bits per heavy atom. The number of nitrogens with one attached hydrogen (secondary N) is 2. The molecule has 2 aliphatic heterocycles. The lowest BCUT2D eigenvalue weighted by atomic mass is 10.0. The van der Waals surface area contributed by atoms with E-state index in [0.717, 1.165) is 11.6 Å². The average molecular weight is 432 g/mol. The molecule has 1 fully saturated rings. The number of carbonyl (C=O) groups excluding carboxylic acids is 3. The quantitative estimate of drug-likeness (QED) is 0.646. The SMILES string of the molecule is O=C1CCc2cc(N3CC[C@@](O)(C(=O)NCc4cc(F)cc(Cl)c4)C3=O)ccc2N1. The van der Waals surface area contributed by atoms with Crippen LogP contribution >= 0.6 is 11.6 Å². The molecular weight excluding hydrogens is 413 g/mol. The van der Waals surface area contributed by atoms with Gasteiger partial charge in [-0.05, 0) is 53.9 Å². The van der Waals surface area contributed by atoms with Crippen LogP contribution in [0.25, 0.3) is 0 Å². The normalized spacial score (nSPS) is 20.7. The lowest BCUT2D eigenvalue weighted by Gasteiger charge is -2.24. The van der Waals surface area contributed by atoms with Crippen molar-refractivity contribution >= 4 is 40.7 Å². The molecule has 3 amide bonds. The van der Waals surface area contributed by atoms with Gasteiger partial charge in [-0.25, -0.2) is 4.39 Å². The van der Waals surface area contributed by atoms with Crippen LogP contribution < -0.4 is 15.5 Å². The van der Waals surface area contributed by atoms with Gasteiger partial charge in [0.05, 0.1) is 0 Å². The van der Waals surface area contributed by atoms with Crippen molar-refractivity contribution in [3.05, 3.63) is 58.4 Å². The van der Waals surface area contributed by atoms with Crippen molar-refractivity contribution in [3.8, 4) is 0 Å². The van der Waals surface area contributed by atoms with Gasteiger partial charge >= 0.3 is 0 Å². The van der Waals surface area contributed by atoms with Crippen molar-refractivity contribution in [2.24, 2.45) is 0 Å². The summed E-state index contributed by atoms with van der Waals surface area (Å²) in [5.74, 6) is -2.17. The van der Waals surface area contributed by atoms with E-state index in [1.165, 1.54) is 17.0 Å². The molecule has 0 unspecified atom stereocenters. The van der Waals surface area contributed by atoms with E-state index in [-0.39, 0.29) is 30.4 Å². The Labute approximate surface area is 176 Å². The predicted octanol–water partition coefficient (Wildman–Crippen LogP) is 2.15. The number of fused-ring (bicyclic) bond motifs is 1. The Morgan fingerprint density at radius 2 is 2.03 bits per heavy atom. The first-order valence-corrected chi connectivity index (χ1v) is 9.84. The lowest BCUT2D eigenvalue weighted by molar-refractivity contribution is -0.149. The molecule has 30 heavy (non-hydrogen) atoms. The molecule has 0 aromatic heterocycles. The number of amides is 3. The first-order valence-electron chi connectivity index (χ1n) is 9.47. The van der Waals surface area contributed by atoms with Crippen LogP contribution in [0.2, 0.25) is 5.02 Å². The largest absolute Gasteiger partial charge is 0.372 e. The maximum atomic E-state index is 13.4. The van der Waals surface area contributed by atoms with Gasteiger partial charge in [-0.2, -0.15) is 0 Å². The van der Waals surface area contributed by atoms with Crippen LogP contribution in [0.15, 0.2) is 36.4 Å². The summed E-state index contributed by atoms with van der Waals surface area (Å²) in [5.41, 5.74) is 0.346. The van der Waals surface area contributed by atoms with Crippen molar-refractivity contribution in [3.63, 3.8) is 0 Å². The topological polar surface area (TPSA) is 98.7 Å². The van der Waals surface area contributed by atoms with E-state index in [9.17, 15) is 23.9 Å². The molecule has 2 aromatic carbocycles. The zero-order valence-corrected chi connectivity index (χ0v) is 16.6. The Kier molecular flexibility index (Phi) is 5.21. The van der Waals surface area contributed by atoms with E-state index in [1.54, 1.807) is 18.2 Å². The summed E-state index contributed by atoms with van der Waals surface area (Å²) >= 11 is 5.80. The molecule has 0 bridgehead atoms. The molecule has 1 saturated heterocycles. The molecule has 0 saturated carbocycles. The van der Waals surface area contributed by atoms with Crippen LogP contribution in [0.4, 0.5) is 15.8 Å². The Balaban J connectivity index is 1.47. The second-order valence-corrected chi connectivity index (χ2v) is 7.85. The predicted molar refractivity (Wildman–Crippen MR) is 109 cm³/mol. The van der Waals surface area contributed by atoms with Crippen molar-refractivity contribution in [2.45, 2.75) is 31.4 Å². The molecule has 9 heteroatoms. The smallest absolute Gasteiger partial charge is 0.268 e. The van der Waals surface area contributed by atoms with E-state index in [4.69, 9.17) is 11.6 Å². The second-order valence-electron chi connectivity index (χ2n) is 7.42. The van der Waals surface area contributed by atoms with Crippen molar-refractivity contribution in [1.82, 2.24) is 5.32 Å². The van der Waals surface area contributed by atoms with Crippen LogP contribution in [0.3, 0.4) is 0 Å². The summed E-state index contributed by atoms with van der Waals surface area (Å²) in [4.78, 5) is 38.3. The zero-order valence-electron chi connectivity index (χ0n) is 15.9. The first kappa shape index (κ1) is 20.3. The number of benzene rings is 2. The summed E-state index contributed by atoms with van der Waals surface area (Å²) < 4.78 is 13.4. The van der Waals surface area contributed by atoms with Gasteiger partial charge in [-0.3, -0.25) is 14.4 Å². The standard InChI is InChI=1S/C21H19ClFN3O4/c22-14-7-12(8-15(23)10-14)11-24-19(28)21(30)5-6-26(20(21)29)16-2-3-17-13(9-16)1-4-18(27)25-17/h2-3,7-10,30H,1,4-6,11H2,(H,24,28)(H,25,27)/t21-/m1/s1. The van der Waals surface area contributed by atoms with E-state index in [1.807, 2.05) is 0 Å².